The Hall–Kier alpha value is -2.52. The van der Waals surface area contributed by atoms with Gasteiger partial charge in [0.05, 0.1) is 17.4 Å². The maximum absolute atomic E-state index is 13.5. The van der Waals surface area contributed by atoms with E-state index in [1.807, 2.05) is 0 Å². The molecule has 2 aromatic rings. The molecule has 2 rings (SSSR count). The minimum Gasteiger partial charge on any atom is -0.386 e. The monoisotopic (exact) mass is 292 g/mol. The fourth-order valence-corrected chi connectivity index (χ4v) is 1.85. The third-order valence-electron chi connectivity index (χ3n) is 2.90. The van der Waals surface area contributed by atoms with Crippen molar-refractivity contribution in [3.8, 4) is 6.07 Å². The van der Waals surface area contributed by atoms with Crippen LogP contribution in [0.25, 0.3) is 0 Å². The molecule has 0 radical (unpaired) electrons. The fraction of sp³-hybridized carbons (Fsp3) is 0.133. The highest BCUT2D eigenvalue weighted by atomic mass is 19.1. The molecule has 21 heavy (non-hydrogen) atoms. The highest BCUT2D eigenvalue weighted by Gasteiger charge is 2.14. The van der Waals surface area contributed by atoms with Crippen molar-refractivity contribution in [2.45, 2.75) is 6.10 Å². The topological polar surface area (TPSA) is 56.0 Å². The number of nitriles is 1. The maximum atomic E-state index is 13.5. The van der Waals surface area contributed by atoms with Gasteiger partial charge in [-0.3, -0.25) is 0 Å². The maximum Gasteiger partial charge on any atom is 0.129 e. The van der Waals surface area contributed by atoms with Crippen molar-refractivity contribution < 1.29 is 18.3 Å². The number of nitrogens with zero attached hydrogens (tertiary/aromatic N) is 1. The first-order chi connectivity index (χ1) is 10.0. The van der Waals surface area contributed by atoms with Crippen LogP contribution in [-0.2, 0) is 0 Å². The van der Waals surface area contributed by atoms with Gasteiger partial charge in [-0.2, -0.15) is 5.26 Å². The second-order valence-corrected chi connectivity index (χ2v) is 4.36. The molecule has 0 aliphatic rings. The van der Waals surface area contributed by atoms with E-state index in [4.69, 9.17) is 5.26 Å². The molecule has 0 aromatic heterocycles. The minimum absolute atomic E-state index is 0.0573. The van der Waals surface area contributed by atoms with Gasteiger partial charge in [0, 0.05) is 12.1 Å². The van der Waals surface area contributed by atoms with Crippen molar-refractivity contribution in [3.05, 3.63) is 65.0 Å². The lowest BCUT2D eigenvalue weighted by Crippen LogP contribution is -2.14. The summed E-state index contributed by atoms with van der Waals surface area (Å²) in [6.45, 7) is -0.152. The Balaban J connectivity index is 2.13. The Bertz CT molecular complexity index is 698. The van der Waals surface area contributed by atoms with Crippen molar-refractivity contribution in [2.75, 3.05) is 11.9 Å². The molecule has 108 valence electrons. The number of anilines is 1. The summed E-state index contributed by atoms with van der Waals surface area (Å²) in [6, 6.07) is 8.10. The van der Waals surface area contributed by atoms with E-state index in [-0.39, 0.29) is 17.7 Å². The SMILES string of the molecule is N#Cc1cc(F)ccc1NCC(O)c1cc(F)ccc1F. The van der Waals surface area contributed by atoms with Crippen LogP contribution in [-0.4, -0.2) is 11.7 Å². The normalized spacial score (nSPS) is 11.8. The molecule has 0 aliphatic heterocycles. The highest BCUT2D eigenvalue weighted by Crippen LogP contribution is 2.21. The molecular formula is C15H11F3N2O. The number of aliphatic hydroxyl groups is 1. The van der Waals surface area contributed by atoms with Crippen molar-refractivity contribution >= 4 is 5.69 Å². The lowest BCUT2D eigenvalue weighted by Gasteiger charge is -2.14. The molecule has 2 N–H and O–H groups in total. The predicted octanol–water partition coefficient (Wildman–Crippen LogP) is 3.12. The van der Waals surface area contributed by atoms with Gasteiger partial charge in [0.1, 0.15) is 23.5 Å². The van der Waals surface area contributed by atoms with Crippen LogP contribution in [0.1, 0.15) is 17.2 Å². The van der Waals surface area contributed by atoms with E-state index in [2.05, 4.69) is 5.32 Å². The van der Waals surface area contributed by atoms with Crippen LogP contribution < -0.4 is 5.32 Å². The summed E-state index contributed by atoms with van der Waals surface area (Å²) in [6.07, 6.45) is -1.31. The Labute approximate surface area is 119 Å². The number of benzene rings is 2. The van der Waals surface area contributed by atoms with Gasteiger partial charge < -0.3 is 10.4 Å². The molecule has 0 bridgehead atoms. The van der Waals surface area contributed by atoms with Crippen molar-refractivity contribution in [1.29, 1.82) is 5.26 Å². The van der Waals surface area contributed by atoms with Gasteiger partial charge in [-0.15, -0.1) is 0 Å². The lowest BCUT2D eigenvalue weighted by atomic mass is 10.1. The Morgan fingerprint density at radius 2 is 1.76 bits per heavy atom. The number of aliphatic hydroxyl groups excluding tert-OH is 1. The van der Waals surface area contributed by atoms with E-state index in [1.54, 1.807) is 6.07 Å². The number of halogens is 3. The second-order valence-electron chi connectivity index (χ2n) is 4.36. The van der Waals surface area contributed by atoms with Gasteiger partial charge in [0.2, 0.25) is 0 Å². The van der Waals surface area contributed by atoms with Gasteiger partial charge in [-0.25, -0.2) is 13.2 Å². The van der Waals surface area contributed by atoms with Gasteiger partial charge in [0.25, 0.3) is 0 Å². The predicted molar refractivity (Wildman–Crippen MR) is 70.9 cm³/mol. The van der Waals surface area contributed by atoms with Crippen LogP contribution in [0, 0.1) is 28.8 Å². The first-order valence-electron chi connectivity index (χ1n) is 6.08. The number of hydrogen-bond acceptors (Lipinski definition) is 3. The van der Waals surface area contributed by atoms with Crippen LogP contribution in [0.3, 0.4) is 0 Å². The molecule has 0 saturated carbocycles. The first-order valence-corrected chi connectivity index (χ1v) is 6.08. The summed E-state index contributed by atoms with van der Waals surface area (Å²) in [4.78, 5) is 0. The summed E-state index contributed by atoms with van der Waals surface area (Å²) >= 11 is 0. The van der Waals surface area contributed by atoms with E-state index in [0.717, 1.165) is 30.3 Å². The van der Waals surface area contributed by atoms with Crippen LogP contribution in [0.2, 0.25) is 0 Å². The Morgan fingerprint density at radius 3 is 2.48 bits per heavy atom. The van der Waals surface area contributed by atoms with E-state index >= 15 is 0 Å². The highest BCUT2D eigenvalue weighted by molar-refractivity contribution is 5.57. The molecule has 3 nitrogen and oxygen atoms in total. The largest absolute Gasteiger partial charge is 0.386 e. The summed E-state index contributed by atoms with van der Waals surface area (Å²) in [5.74, 6) is -1.95. The minimum atomic E-state index is -1.31. The summed E-state index contributed by atoms with van der Waals surface area (Å²) < 4.78 is 39.5. The quantitative estimate of drug-likeness (QED) is 0.910. The van der Waals surface area contributed by atoms with E-state index < -0.39 is 23.6 Å². The van der Waals surface area contributed by atoms with Crippen LogP contribution in [0.5, 0.6) is 0 Å². The third kappa shape index (κ3) is 3.52. The standard InChI is InChI=1S/C15H11F3N2O/c16-10-2-4-14(9(5-10)7-19)20-8-15(21)12-6-11(17)1-3-13(12)18/h1-6,15,20-21H,8H2. The Morgan fingerprint density at radius 1 is 1.10 bits per heavy atom. The smallest absolute Gasteiger partial charge is 0.129 e. The lowest BCUT2D eigenvalue weighted by molar-refractivity contribution is 0.186. The van der Waals surface area contributed by atoms with Crippen molar-refractivity contribution in [1.82, 2.24) is 0 Å². The first kappa shape index (κ1) is 14.9. The molecule has 1 atom stereocenters. The van der Waals surface area contributed by atoms with Gasteiger partial charge >= 0.3 is 0 Å². The molecule has 0 amide bonds. The third-order valence-corrected chi connectivity index (χ3v) is 2.90. The van der Waals surface area contributed by atoms with E-state index in [1.165, 1.54) is 6.07 Å². The average Bonchev–Trinajstić information content (AvgIpc) is 2.48. The van der Waals surface area contributed by atoms with Crippen LogP contribution >= 0.6 is 0 Å². The molecule has 0 spiro atoms. The summed E-state index contributed by atoms with van der Waals surface area (Å²) in [5.41, 5.74) is 0.166. The van der Waals surface area contributed by atoms with E-state index in [9.17, 15) is 18.3 Å². The molecule has 0 saturated heterocycles. The summed E-state index contributed by atoms with van der Waals surface area (Å²) in [7, 11) is 0. The Kier molecular flexibility index (Phi) is 4.45. The molecule has 0 aliphatic carbocycles. The number of hydrogen-bond donors (Lipinski definition) is 2. The van der Waals surface area contributed by atoms with Gasteiger partial charge in [0.15, 0.2) is 0 Å². The molecule has 0 heterocycles. The van der Waals surface area contributed by atoms with Crippen LogP contribution in [0.4, 0.5) is 18.9 Å². The molecule has 6 heteroatoms. The zero-order valence-electron chi connectivity index (χ0n) is 10.8. The van der Waals surface area contributed by atoms with E-state index in [0.29, 0.717) is 5.69 Å². The molecule has 0 fully saturated rings. The van der Waals surface area contributed by atoms with Crippen LogP contribution in [0.15, 0.2) is 36.4 Å². The zero-order valence-corrected chi connectivity index (χ0v) is 10.8. The van der Waals surface area contributed by atoms with Crippen molar-refractivity contribution in [3.63, 3.8) is 0 Å². The van der Waals surface area contributed by atoms with Gasteiger partial charge in [-0.05, 0) is 36.4 Å². The molecule has 2 aromatic carbocycles. The summed E-state index contributed by atoms with van der Waals surface area (Å²) in [5, 5.41) is 21.5. The fourth-order valence-electron chi connectivity index (χ4n) is 1.85. The van der Waals surface area contributed by atoms with Crippen molar-refractivity contribution in [2.24, 2.45) is 0 Å². The number of rotatable bonds is 4. The average molecular weight is 292 g/mol. The second kappa shape index (κ2) is 6.29. The molecule has 1 unspecified atom stereocenters. The zero-order chi connectivity index (χ0) is 15.4. The van der Waals surface area contributed by atoms with Gasteiger partial charge in [-0.1, -0.05) is 0 Å². The number of nitrogens with one attached hydrogen (secondary N) is 1. The molecular weight excluding hydrogens is 281 g/mol.